The van der Waals surface area contributed by atoms with Crippen molar-refractivity contribution in [2.24, 2.45) is 0 Å². The van der Waals surface area contributed by atoms with E-state index >= 15 is 0 Å². The van der Waals surface area contributed by atoms with Gasteiger partial charge in [0.15, 0.2) is 17.3 Å². The largest absolute Gasteiger partial charge is 0.504 e. The number of phenolic OH excluding ortho intramolecular Hbond substituents is 2. The molecular weight excluding hydrogens is 397 g/mol. The van der Waals surface area contributed by atoms with Crippen LogP contribution in [-0.4, -0.2) is 24.4 Å². The Labute approximate surface area is 166 Å². The quantitative estimate of drug-likeness (QED) is 0.323. The van der Waals surface area contributed by atoms with E-state index in [0.29, 0.717) is 11.1 Å². The number of sulfonamides is 1. The molecule has 0 radical (unpaired) electrons. The summed E-state index contributed by atoms with van der Waals surface area (Å²) in [7, 11) is -4.10. The molecule has 0 spiro atoms. The smallest absolute Gasteiger partial charge is 0.264 e. The minimum absolute atomic E-state index is 0.178. The first-order chi connectivity index (χ1) is 13.8. The Balaban J connectivity index is 1.72. The molecule has 0 aliphatic carbocycles. The highest BCUT2D eigenvalue weighted by Gasteiger charge is 2.18. The van der Waals surface area contributed by atoms with Gasteiger partial charge >= 0.3 is 0 Å². The lowest BCUT2D eigenvalue weighted by atomic mass is 10.1. The van der Waals surface area contributed by atoms with E-state index in [-0.39, 0.29) is 23.0 Å². The summed E-state index contributed by atoms with van der Waals surface area (Å²) >= 11 is 0. The number of allylic oxidation sites excluding steroid dienone is 1. The summed E-state index contributed by atoms with van der Waals surface area (Å²) < 4.78 is 40.6. The van der Waals surface area contributed by atoms with Gasteiger partial charge in [0.2, 0.25) is 0 Å². The predicted molar refractivity (Wildman–Crippen MR) is 107 cm³/mol. The van der Waals surface area contributed by atoms with E-state index in [0.717, 1.165) is 12.1 Å². The summed E-state index contributed by atoms with van der Waals surface area (Å²) in [4.78, 5) is 11.8. The van der Waals surface area contributed by atoms with Crippen LogP contribution in [0.2, 0.25) is 0 Å². The second kappa shape index (κ2) is 8.15. The van der Waals surface area contributed by atoms with E-state index in [1.165, 1.54) is 66.7 Å². The average molecular weight is 413 g/mol. The number of carbonyl (C=O) groups is 1. The highest BCUT2D eigenvalue weighted by atomic mass is 32.2. The summed E-state index contributed by atoms with van der Waals surface area (Å²) in [6, 6.07) is 14.8. The number of aromatic hydroxyl groups is 2. The van der Waals surface area contributed by atoms with Gasteiger partial charge in [-0.25, -0.2) is 12.8 Å². The molecule has 0 aliphatic heterocycles. The van der Waals surface area contributed by atoms with Crippen molar-refractivity contribution < 1.29 is 27.8 Å². The Hall–Kier alpha value is -3.65. The first kappa shape index (κ1) is 20.1. The van der Waals surface area contributed by atoms with Crippen LogP contribution in [0.1, 0.15) is 15.9 Å². The average Bonchev–Trinajstić information content (AvgIpc) is 2.69. The number of carbonyl (C=O) groups excluding carboxylic acids is 1. The Morgan fingerprint density at radius 2 is 1.62 bits per heavy atom. The van der Waals surface area contributed by atoms with Gasteiger partial charge in [-0.05, 0) is 60.2 Å². The molecule has 0 heterocycles. The van der Waals surface area contributed by atoms with Crippen LogP contribution >= 0.6 is 0 Å². The number of ketones is 1. The third kappa shape index (κ3) is 4.80. The summed E-state index contributed by atoms with van der Waals surface area (Å²) in [6.45, 7) is 0. The summed E-state index contributed by atoms with van der Waals surface area (Å²) in [5.74, 6) is -1.77. The Kier molecular flexibility index (Phi) is 5.65. The Bertz CT molecular complexity index is 1190. The number of anilines is 1. The molecule has 0 amide bonds. The number of benzene rings is 3. The van der Waals surface area contributed by atoms with Gasteiger partial charge in [-0.1, -0.05) is 24.3 Å². The van der Waals surface area contributed by atoms with Crippen LogP contribution in [0.5, 0.6) is 11.5 Å². The van der Waals surface area contributed by atoms with Crippen molar-refractivity contribution in [1.82, 2.24) is 0 Å². The SMILES string of the molecule is O=C(C=Cc1ccc(O)c(O)c1)c1ccc(NS(=O)(=O)c2ccccc2F)cc1. The number of phenols is 2. The molecule has 29 heavy (non-hydrogen) atoms. The molecule has 0 atom stereocenters. The number of nitrogens with one attached hydrogen (secondary N) is 1. The van der Waals surface area contributed by atoms with Gasteiger partial charge < -0.3 is 10.2 Å². The van der Waals surface area contributed by atoms with Gasteiger partial charge in [0, 0.05) is 11.3 Å². The first-order valence-corrected chi connectivity index (χ1v) is 9.86. The molecule has 3 aromatic carbocycles. The number of rotatable bonds is 6. The predicted octanol–water partition coefficient (Wildman–Crippen LogP) is 3.93. The second-order valence-corrected chi connectivity index (χ2v) is 7.71. The van der Waals surface area contributed by atoms with Crippen molar-refractivity contribution in [3.8, 4) is 11.5 Å². The third-order valence-corrected chi connectivity index (χ3v) is 5.39. The van der Waals surface area contributed by atoms with E-state index in [4.69, 9.17) is 0 Å². The normalized spacial score (nSPS) is 11.5. The zero-order chi connectivity index (χ0) is 21.0. The molecule has 3 aromatic rings. The second-order valence-electron chi connectivity index (χ2n) is 6.06. The Morgan fingerprint density at radius 3 is 2.28 bits per heavy atom. The van der Waals surface area contributed by atoms with Crippen LogP contribution in [-0.2, 0) is 10.0 Å². The van der Waals surface area contributed by atoms with Crippen LogP contribution in [0.4, 0.5) is 10.1 Å². The molecule has 0 saturated heterocycles. The molecule has 6 nitrogen and oxygen atoms in total. The minimum atomic E-state index is -4.10. The third-order valence-electron chi connectivity index (χ3n) is 3.97. The van der Waals surface area contributed by atoms with Gasteiger partial charge in [-0.3, -0.25) is 9.52 Å². The number of hydrogen-bond donors (Lipinski definition) is 3. The fourth-order valence-corrected chi connectivity index (χ4v) is 3.63. The van der Waals surface area contributed by atoms with Crippen LogP contribution < -0.4 is 4.72 Å². The van der Waals surface area contributed by atoms with Gasteiger partial charge in [0.05, 0.1) is 0 Å². The van der Waals surface area contributed by atoms with E-state index < -0.39 is 20.7 Å². The monoisotopic (exact) mass is 413 g/mol. The summed E-state index contributed by atoms with van der Waals surface area (Å²) in [6.07, 6.45) is 2.75. The van der Waals surface area contributed by atoms with Crippen molar-refractivity contribution >= 4 is 27.6 Å². The van der Waals surface area contributed by atoms with Crippen molar-refractivity contribution in [2.75, 3.05) is 4.72 Å². The lowest BCUT2D eigenvalue weighted by molar-refractivity contribution is 0.104. The highest BCUT2D eigenvalue weighted by Crippen LogP contribution is 2.25. The van der Waals surface area contributed by atoms with Crippen molar-refractivity contribution in [2.45, 2.75) is 4.90 Å². The fourth-order valence-electron chi connectivity index (χ4n) is 2.49. The molecule has 0 bridgehead atoms. The number of halogens is 1. The van der Waals surface area contributed by atoms with Crippen LogP contribution in [0, 0.1) is 5.82 Å². The van der Waals surface area contributed by atoms with Gasteiger partial charge in [-0.2, -0.15) is 0 Å². The number of hydrogen-bond acceptors (Lipinski definition) is 5. The molecule has 0 saturated carbocycles. The van der Waals surface area contributed by atoms with Gasteiger partial charge in [0.1, 0.15) is 10.7 Å². The standard InChI is InChI=1S/C21H16FNO5S/c22-17-3-1-2-4-21(17)29(27,28)23-16-9-7-15(8-10-16)18(24)11-5-14-6-12-19(25)20(26)13-14/h1-13,23,25-26H. The minimum Gasteiger partial charge on any atom is -0.504 e. The zero-order valence-corrected chi connectivity index (χ0v) is 15.7. The topological polar surface area (TPSA) is 104 Å². The zero-order valence-electron chi connectivity index (χ0n) is 14.9. The maximum absolute atomic E-state index is 13.7. The van der Waals surface area contributed by atoms with Crippen molar-refractivity contribution in [3.63, 3.8) is 0 Å². The lowest BCUT2D eigenvalue weighted by Crippen LogP contribution is -2.14. The molecule has 148 valence electrons. The molecular formula is C21H16FNO5S. The van der Waals surface area contributed by atoms with E-state index in [9.17, 15) is 27.8 Å². The molecule has 3 N–H and O–H groups in total. The summed E-state index contributed by atoms with van der Waals surface area (Å²) in [5.41, 5.74) is 0.998. The molecule has 0 aliphatic rings. The highest BCUT2D eigenvalue weighted by molar-refractivity contribution is 7.92. The fraction of sp³-hybridized carbons (Fsp3) is 0. The first-order valence-electron chi connectivity index (χ1n) is 8.38. The van der Waals surface area contributed by atoms with E-state index in [1.54, 1.807) is 0 Å². The molecule has 8 heteroatoms. The van der Waals surface area contributed by atoms with E-state index in [1.807, 2.05) is 0 Å². The van der Waals surface area contributed by atoms with Crippen LogP contribution in [0.15, 0.2) is 77.7 Å². The maximum atomic E-state index is 13.7. The van der Waals surface area contributed by atoms with Gasteiger partial charge in [-0.15, -0.1) is 0 Å². The maximum Gasteiger partial charge on any atom is 0.264 e. The molecule has 0 unspecified atom stereocenters. The lowest BCUT2D eigenvalue weighted by Gasteiger charge is -2.09. The Morgan fingerprint density at radius 1 is 0.931 bits per heavy atom. The molecule has 3 rings (SSSR count). The summed E-state index contributed by atoms with van der Waals surface area (Å²) in [5, 5.41) is 18.7. The van der Waals surface area contributed by atoms with Crippen molar-refractivity contribution in [3.05, 3.63) is 89.8 Å². The van der Waals surface area contributed by atoms with Gasteiger partial charge in [0.25, 0.3) is 10.0 Å². The van der Waals surface area contributed by atoms with E-state index in [2.05, 4.69) is 4.72 Å². The van der Waals surface area contributed by atoms with Crippen LogP contribution in [0.3, 0.4) is 0 Å². The molecule has 0 aromatic heterocycles. The van der Waals surface area contributed by atoms with Crippen LogP contribution in [0.25, 0.3) is 6.08 Å². The van der Waals surface area contributed by atoms with Crippen molar-refractivity contribution in [1.29, 1.82) is 0 Å². The molecule has 0 fully saturated rings.